The highest BCUT2D eigenvalue weighted by Crippen LogP contribution is 2.26. The van der Waals surface area contributed by atoms with Gasteiger partial charge in [0, 0.05) is 11.1 Å². The number of benzene rings is 1. The van der Waals surface area contributed by atoms with Crippen LogP contribution >= 0.6 is 0 Å². The molecule has 2 heterocycles. The van der Waals surface area contributed by atoms with Crippen LogP contribution in [0.1, 0.15) is 26.5 Å². The minimum Gasteiger partial charge on any atom is -0.457 e. The molecule has 0 saturated heterocycles. The average molecular weight is 229 g/mol. The van der Waals surface area contributed by atoms with Gasteiger partial charge in [0.25, 0.3) is 0 Å². The Morgan fingerprint density at radius 2 is 2.24 bits per heavy atom. The molecule has 0 fully saturated rings. The van der Waals surface area contributed by atoms with E-state index < -0.39 is 0 Å². The zero-order valence-electron chi connectivity index (χ0n) is 8.67. The summed E-state index contributed by atoms with van der Waals surface area (Å²) in [5, 5.41) is 0. The number of carbonyl (C=O) groups is 2. The van der Waals surface area contributed by atoms with Crippen molar-refractivity contribution in [3.63, 3.8) is 0 Å². The normalized spacial score (nSPS) is 13.3. The molecule has 0 atom stereocenters. The summed E-state index contributed by atoms with van der Waals surface area (Å²) in [5.74, 6) is 0.217. The van der Waals surface area contributed by atoms with Gasteiger partial charge in [0.15, 0.2) is 12.0 Å². The van der Waals surface area contributed by atoms with E-state index in [4.69, 9.17) is 9.15 Å². The molecule has 0 spiro atoms. The predicted molar refractivity (Wildman–Crippen MR) is 56.4 cm³/mol. The third-order valence-electron chi connectivity index (χ3n) is 2.57. The molecule has 0 bridgehead atoms. The van der Waals surface area contributed by atoms with Crippen molar-refractivity contribution < 1.29 is 18.7 Å². The summed E-state index contributed by atoms with van der Waals surface area (Å²) < 4.78 is 10.1. The second-order valence-corrected chi connectivity index (χ2v) is 3.63. The van der Waals surface area contributed by atoms with E-state index >= 15 is 0 Å². The standard InChI is InChI=1S/C12H7NO4/c14-5-9-4-13-11(17-9)7-1-2-10-8(3-7)6-16-12(10)15/h1-5H,6H2. The number of hydrogen-bond acceptors (Lipinski definition) is 5. The van der Waals surface area contributed by atoms with Crippen LogP contribution in [0.15, 0.2) is 28.8 Å². The van der Waals surface area contributed by atoms with Crippen molar-refractivity contribution in [3.8, 4) is 11.5 Å². The van der Waals surface area contributed by atoms with Crippen LogP contribution in [0.3, 0.4) is 0 Å². The van der Waals surface area contributed by atoms with Gasteiger partial charge in [0.2, 0.25) is 5.89 Å². The van der Waals surface area contributed by atoms with Crippen LogP contribution in [0.5, 0.6) is 0 Å². The number of nitrogens with zero attached hydrogens (tertiary/aromatic N) is 1. The highest BCUT2D eigenvalue weighted by Gasteiger charge is 2.21. The molecule has 0 radical (unpaired) electrons. The fourth-order valence-corrected chi connectivity index (χ4v) is 1.74. The van der Waals surface area contributed by atoms with Gasteiger partial charge in [-0.2, -0.15) is 0 Å². The number of ether oxygens (including phenoxy) is 1. The van der Waals surface area contributed by atoms with Gasteiger partial charge in [-0.05, 0) is 18.2 Å². The maximum Gasteiger partial charge on any atom is 0.338 e. The van der Waals surface area contributed by atoms with Crippen LogP contribution in [0.25, 0.3) is 11.5 Å². The first-order valence-corrected chi connectivity index (χ1v) is 4.99. The van der Waals surface area contributed by atoms with Crippen LogP contribution in [-0.2, 0) is 11.3 Å². The Morgan fingerprint density at radius 3 is 3.00 bits per heavy atom. The van der Waals surface area contributed by atoms with Gasteiger partial charge >= 0.3 is 5.97 Å². The van der Waals surface area contributed by atoms with Crippen molar-refractivity contribution in [2.45, 2.75) is 6.61 Å². The fraction of sp³-hybridized carbons (Fsp3) is 0.0833. The van der Waals surface area contributed by atoms with Gasteiger partial charge < -0.3 is 9.15 Å². The van der Waals surface area contributed by atoms with Gasteiger partial charge in [-0.15, -0.1) is 0 Å². The van der Waals surface area contributed by atoms with Crippen LogP contribution in [0.2, 0.25) is 0 Å². The summed E-state index contributed by atoms with van der Waals surface area (Å²) in [6.45, 7) is 0.267. The fourth-order valence-electron chi connectivity index (χ4n) is 1.74. The van der Waals surface area contributed by atoms with E-state index in [2.05, 4.69) is 4.98 Å². The smallest absolute Gasteiger partial charge is 0.338 e. The minimum atomic E-state index is -0.312. The van der Waals surface area contributed by atoms with Gasteiger partial charge in [-0.1, -0.05) is 0 Å². The summed E-state index contributed by atoms with van der Waals surface area (Å²) in [7, 11) is 0. The maximum atomic E-state index is 11.3. The summed E-state index contributed by atoms with van der Waals surface area (Å²) in [6, 6.07) is 5.16. The Morgan fingerprint density at radius 1 is 1.35 bits per heavy atom. The molecule has 1 aliphatic heterocycles. The molecule has 5 heteroatoms. The predicted octanol–water partition coefficient (Wildman–Crippen LogP) is 1.82. The molecule has 0 unspecified atom stereocenters. The van der Waals surface area contributed by atoms with Crippen LogP contribution < -0.4 is 0 Å². The summed E-state index contributed by atoms with van der Waals surface area (Å²) in [4.78, 5) is 25.7. The zero-order chi connectivity index (χ0) is 11.8. The molecule has 0 saturated carbocycles. The van der Waals surface area contributed by atoms with E-state index in [-0.39, 0.29) is 18.3 Å². The first-order valence-electron chi connectivity index (χ1n) is 4.99. The van der Waals surface area contributed by atoms with Crippen molar-refractivity contribution in [2.24, 2.45) is 0 Å². The Kier molecular flexibility index (Phi) is 2.04. The lowest BCUT2D eigenvalue weighted by Crippen LogP contribution is -1.92. The summed E-state index contributed by atoms with van der Waals surface area (Å²) in [5.41, 5.74) is 2.09. The van der Waals surface area contributed by atoms with E-state index in [1.54, 1.807) is 18.2 Å². The van der Waals surface area contributed by atoms with Gasteiger partial charge in [0.1, 0.15) is 6.61 Å². The summed E-state index contributed by atoms with van der Waals surface area (Å²) >= 11 is 0. The largest absolute Gasteiger partial charge is 0.457 e. The van der Waals surface area contributed by atoms with Crippen LogP contribution in [-0.4, -0.2) is 17.2 Å². The molecular formula is C12H7NO4. The Labute approximate surface area is 96.0 Å². The SMILES string of the molecule is O=Cc1cnc(-c2ccc3c(c2)COC3=O)o1. The molecule has 1 aromatic carbocycles. The van der Waals surface area contributed by atoms with Crippen LogP contribution in [0, 0.1) is 0 Å². The number of aromatic nitrogens is 1. The average Bonchev–Trinajstić information content (AvgIpc) is 2.96. The van der Waals surface area contributed by atoms with Gasteiger partial charge in [-0.25, -0.2) is 9.78 Å². The molecular weight excluding hydrogens is 222 g/mol. The molecule has 1 aliphatic rings. The number of esters is 1. The quantitative estimate of drug-likeness (QED) is 0.580. The Bertz CT molecular complexity index is 615. The number of carbonyl (C=O) groups excluding carboxylic acids is 2. The molecule has 2 aromatic rings. The number of aldehydes is 1. The lowest BCUT2D eigenvalue weighted by atomic mass is 10.1. The Hall–Kier alpha value is -2.43. The molecule has 0 amide bonds. The molecule has 1 aromatic heterocycles. The van der Waals surface area contributed by atoms with Crippen LogP contribution in [0.4, 0.5) is 0 Å². The monoisotopic (exact) mass is 229 g/mol. The van der Waals surface area contributed by atoms with E-state index in [9.17, 15) is 9.59 Å². The molecule has 3 rings (SSSR count). The van der Waals surface area contributed by atoms with Crippen molar-refractivity contribution in [3.05, 3.63) is 41.3 Å². The number of hydrogen-bond donors (Lipinski definition) is 0. The topological polar surface area (TPSA) is 69.4 Å². The lowest BCUT2D eigenvalue weighted by molar-refractivity contribution is 0.0535. The van der Waals surface area contributed by atoms with Crippen molar-refractivity contribution in [1.82, 2.24) is 4.98 Å². The molecule has 0 aliphatic carbocycles. The number of cyclic esters (lactones) is 1. The highest BCUT2D eigenvalue weighted by molar-refractivity contribution is 5.94. The lowest BCUT2D eigenvalue weighted by Gasteiger charge is -1.97. The molecule has 84 valence electrons. The Balaban J connectivity index is 2.05. The molecule has 5 nitrogen and oxygen atoms in total. The number of fused-ring (bicyclic) bond motifs is 1. The van der Waals surface area contributed by atoms with E-state index in [0.29, 0.717) is 17.7 Å². The zero-order valence-corrected chi connectivity index (χ0v) is 8.67. The molecule has 0 N–H and O–H groups in total. The summed E-state index contributed by atoms with van der Waals surface area (Å²) in [6.07, 6.45) is 1.95. The van der Waals surface area contributed by atoms with E-state index in [1.807, 2.05) is 0 Å². The van der Waals surface area contributed by atoms with Gasteiger partial charge in [-0.3, -0.25) is 4.79 Å². The number of oxazole rings is 1. The van der Waals surface area contributed by atoms with E-state index in [1.165, 1.54) is 6.20 Å². The van der Waals surface area contributed by atoms with Crippen molar-refractivity contribution in [2.75, 3.05) is 0 Å². The molecule has 17 heavy (non-hydrogen) atoms. The third kappa shape index (κ3) is 1.52. The van der Waals surface area contributed by atoms with Gasteiger partial charge in [0.05, 0.1) is 11.8 Å². The maximum absolute atomic E-state index is 11.3. The van der Waals surface area contributed by atoms with Crippen molar-refractivity contribution in [1.29, 1.82) is 0 Å². The number of rotatable bonds is 2. The van der Waals surface area contributed by atoms with E-state index in [0.717, 1.165) is 11.1 Å². The first kappa shape index (κ1) is 9.77. The first-order chi connectivity index (χ1) is 8.28. The van der Waals surface area contributed by atoms with Crippen molar-refractivity contribution >= 4 is 12.3 Å². The second kappa shape index (κ2) is 3.55. The third-order valence-corrected chi connectivity index (χ3v) is 2.57. The minimum absolute atomic E-state index is 0.174. The highest BCUT2D eigenvalue weighted by atomic mass is 16.5. The second-order valence-electron chi connectivity index (χ2n) is 3.63.